The quantitative estimate of drug-likeness (QED) is 0.798. The highest BCUT2D eigenvalue weighted by Gasteiger charge is 2.31. The monoisotopic (exact) mass is 370 g/mol. The Morgan fingerprint density at radius 3 is 2.48 bits per heavy atom. The Bertz CT molecular complexity index is 747. The van der Waals surface area contributed by atoms with Gasteiger partial charge in [-0.25, -0.2) is 4.79 Å². The maximum atomic E-state index is 13.3. The van der Waals surface area contributed by atoms with Crippen LogP contribution in [0.1, 0.15) is 31.1 Å². The van der Waals surface area contributed by atoms with Crippen LogP contribution in [0.25, 0.3) is 0 Å². The van der Waals surface area contributed by atoms with Gasteiger partial charge in [-0.1, -0.05) is 17.7 Å². The van der Waals surface area contributed by atoms with Gasteiger partial charge in [-0.3, -0.25) is 4.79 Å². The maximum absolute atomic E-state index is 13.3. The zero-order valence-corrected chi connectivity index (χ0v) is 15.9. The summed E-state index contributed by atoms with van der Waals surface area (Å²) in [5.74, 6) is 0.693. The Kier molecular flexibility index (Phi) is 6.16. The van der Waals surface area contributed by atoms with E-state index in [1.165, 1.54) is 0 Å². The van der Waals surface area contributed by atoms with Gasteiger partial charge in [0.2, 0.25) is 5.91 Å². The second-order valence-electron chi connectivity index (χ2n) is 6.80. The summed E-state index contributed by atoms with van der Waals surface area (Å²) in [4.78, 5) is 28.6. The smallest absolute Gasteiger partial charge is 0.409 e. The van der Waals surface area contributed by atoms with Crippen LogP contribution in [0, 0.1) is 12.8 Å². The number of piperidine rings is 1. The van der Waals surface area contributed by atoms with Crippen molar-refractivity contribution in [3.63, 3.8) is 0 Å². The summed E-state index contributed by atoms with van der Waals surface area (Å²) >= 11 is 0. The summed E-state index contributed by atoms with van der Waals surface area (Å²) in [5.41, 5.74) is 2.00. The molecule has 3 rings (SSSR count). The van der Waals surface area contributed by atoms with E-state index in [0.717, 1.165) is 17.0 Å². The molecule has 0 radical (unpaired) electrons. The number of rotatable bonds is 5. The van der Waals surface area contributed by atoms with Crippen molar-refractivity contribution in [2.75, 3.05) is 24.6 Å². The number of aryl methyl sites for hydroxylation is 1. The van der Waals surface area contributed by atoms with Gasteiger partial charge in [0.05, 0.1) is 19.4 Å². The fraction of sp³-hybridized carbons (Fsp3) is 0.429. The van der Waals surface area contributed by atoms with Crippen LogP contribution >= 0.6 is 0 Å². The van der Waals surface area contributed by atoms with Crippen LogP contribution in [-0.2, 0) is 16.1 Å². The van der Waals surface area contributed by atoms with E-state index >= 15 is 0 Å². The number of hydrogen-bond acceptors (Lipinski definition) is 4. The van der Waals surface area contributed by atoms with Gasteiger partial charge in [-0.2, -0.15) is 0 Å². The molecule has 6 nitrogen and oxygen atoms in total. The van der Waals surface area contributed by atoms with E-state index in [-0.39, 0.29) is 17.9 Å². The minimum Gasteiger partial charge on any atom is -0.467 e. The van der Waals surface area contributed by atoms with E-state index in [1.54, 1.807) is 23.0 Å². The first-order valence-electron chi connectivity index (χ1n) is 9.40. The molecule has 1 aliphatic rings. The van der Waals surface area contributed by atoms with E-state index < -0.39 is 0 Å². The van der Waals surface area contributed by atoms with Crippen LogP contribution in [0.15, 0.2) is 47.1 Å². The average Bonchev–Trinajstić information content (AvgIpc) is 3.20. The predicted octanol–water partition coefficient (Wildman–Crippen LogP) is 3.99. The lowest BCUT2D eigenvalue weighted by molar-refractivity contribution is -0.123. The summed E-state index contributed by atoms with van der Waals surface area (Å²) in [6.07, 6.45) is 2.59. The van der Waals surface area contributed by atoms with Gasteiger partial charge in [0.15, 0.2) is 0 Å². The topological polar surface area (TPSA) is 63.0 Å². The molecule has 0 saturated carbocycles. The summed E-state index contributed by atoms with van der Waals surface area (Å²) in [6.45, 7) is 5.65. The molecule has 0 spiro atoms. The van der Waals surface area contributed by atoms with Crippen LogP contribution in [0.3, 0.4) is 0 Å². The normalized spacial score (nSPS) is 14.8. The number of hydrogen-bond donors (Lipinski definition) is 0. The van der Waals surface area contributed by atoms with Crippen LogP contribution in [-0.4, -0.2) is 36.6 Å². The van der Waals surface area contributed by atoms with Gasteiger partial charge >= 0.3 is 6.09 Å². The molecule has 0 bridgehead atoms. The lowest BCUT2D eigenvalue weighted by Crippen LogP contribution is -2.44. The number of furan rings is 1. The number of amides is 2. The van der Waals surface area contributed by atoms with Crippen molar-refractivity contribution >= 4 is 17.7 Å². The molecule has 2 amide bonds. The molecule has 27 heavy (non-hydrogen) atoms. The van der Waals surface area contributed by atoms with Gasteiger partial charge < -0.3 is 19.0 Å². The van der Waals surface area contributed by atoms with Crippen LogP contribution < -0.4 is 4.90 Å². The molecule has 1 aromatic carbocycles. The van der Waals surface area contributed by atoms with Crippen molar-refractivity contribution < 1.29 is 18.7 Å². The first kappa shape index (κ1) is 19.0. The summed E-state index contributed by atoms with van der Waals surface area (Å²) in [7, 11) is 0. The third-order valence-corrected chi connectivity index (χ3v) is 4.88. The number of ether oxygens (including phenoxy) is 1. The second kappa shape index (κ2) is 8.75. The van der Waals surface area contributed by atoms with E-state index in [9.17, 15) is 9.59 Å². The molecular formula is C21H26N2O4. The Hall–Kier alpha value is -2.76. The predicted molar refractivity (Wildman–Crippen MR) is 102 cm³/mol. The number of nitrogens with zero attached hydrogens (tertiary/aromatic N) is 2. The lowest BCUT2D eigenvalue weighted by Gasteiger charge is -2.33. The van der Waals surface area contributed by atoms with E-state index in [4.69, 9.17) is 9.15 Å². The summed E-state index contributed by atoms with van der Waals surface area (Å²) in [5, 5.41) is 0. The SMILES string of the molecule is CCOC(=O)N1CCC(C(=O)N(Cc2ccco2)c2ccc(C)cc2)CC1. The van der Waals surface area contributed by atoms with Gasteiger partial charge in [0.1, 0.15) is 5.76 Å². The summed E-state index contributed by atoms with van der Waals surface area (Å²) in [6, 6.07) is 11.6. The fourth-order valence-corrected chi connectivity index (χ4v) is 3.32. The molecule has 6 heteroatoms. The molecule has 2 aromatic rings. The highest BCUT2D eigenvalue weighted by Crippen LogP contribution is 2.26. The first-order valence-corrected chi connectivity index (χ1v) is 9.40. The maximum Gasteiger partial charge on any atom is 0.409 e. The Labute approximate surface area is 159 Å². The molecule has 0 unspecified atom stereocenters. The zero-order valence-electron chi connectivity index (χ0n) is 15.9. The number of carbonyl (C=O) groups is 2. The number of likely N-dealkylation sites (tertiary alicyclic amines) is 1. The third kappa shape index (κ3) is 4.70. The standard InChI is InChI=1S/C21H26N2O4/c1-3-26-21(25)22-12-10-17(11-13-22)20(24)23(15-19-5-4-14-27-19)18-8-6-16(2)7-9-18/h4-9,14,17H,3,10-13,15H2,1-2H3. The average molecular weight is 370 g/mol. The number of anilines is 1. The third-order valence-electron chi connectivity index (χ3n) is 4.88. The van der Waals surface area contributed by atoms with Crippen molar-refractivity contribution in [3.8, 4) is 0 Å². The van der Waals surface area contributed by atoms with Gasteiger partial charge in [-0.05, 0) is 51.0 Å². The minimum atomic E-state index is -0.297. The largest absolute Gasteiger partial charge is 0.467 e. The highest BCUT2D eigenvalue weighted by molar-refractivity contribution is 5.95. The fourth-order valence-electron chi connectivity index (χ4n) is 3.32. The number of carbonyl (C=O) groups excluding carboxylic acids is 2. The van der Waals surface area contributed by atoms with Gasteiger partial charge in [-0.15, -0.1) is 0 Å². The molecule has 1 saturated heterocycles. The van der Waals surface area contributed by atoms with Crippen molar-refractivity contribution in [1.82, 2.24) is 4.90 Å². The minimum absolute atomic E-state index is 0.0683. The number of benzene rings is 1. The Morgan fingerprint density at radius 2 is 1.89 bits per heavy atom. The van der Waals surface area contributed by atoms with Gasteiger partial charge in [0, 0.05) is 24.7 Å². The Morgan fingerprint density at radius 1 is 1.19 bits per heavy atom. The molecule has 0 N–H and O–H groups in total. The van der Waals surface area contributed by atoms with E-state index in [1.807, 2.05) is 43.3 Å². The molecule has 144 valence electrons. The van der Waals surface area contributed by atoms with Crippen LogP contribution in [0.2, 0.25) is 0 Å². The molecule has 1 fully saturated rings. The molecule has 0 atom stereocenters. The van der Waals surface area contributed by atoms with Crippen LogP contribution in [0.5, 0.6) is 0 Å². The molecule has 2 heterocycles. The highest BCUT2D eigenvalue weighted by atomic mass is 16.6. The first-order chi connectivity index (χ1) is 13.1. The van der Waals surface area contributed by atoms with Crippen molar-refractivity contribution in [2.45, 2.75) is 33.2 Å². The lowest BCUT2D eigenvalue weighted by atomic mass is 9.95. The van der Waals surface area contributed by atoms with Gasteiger partial charge in [0.25, 0.3) is 0 Å². The van der Waals surface area contributed by atoms with Crippen molar-refractivity contribution in [1.29, 1.82) is 0 Å². The summed E-state index contributed by atoms with van der Waals surface area (Å²) < 4.78 is 10.5. The van der Waals surface area contributed by atoms with Crippen molar-refractivity contribution in [3.05, 3.63) is 54.0 Å². The zero-order chi connectivity index (χ0) is 19.2. The molecular weight excluding hydrogens is 344 g/mol. The molecule has 0 aliphatic carbocycles. The van der Waals surface area contributed by atoms with Crippen LogP contribution in [0.4, 0.5) is 10.5 Å². The molecule has 1 aliphatic heterocycles. The molecule has 1 aromatic heterocycles. The van der Waals surface area contributed by atoms with E-state index in [0.29, 0.717) is 39.1 Å². The van der Waals surface area contributed by atoms with E-state index in [2.05, 4.69) is 0 Å². The van der Waals surface area contributed by atoms with Crippen molar-refractivity contribution in [2.24, 2.45) is 5.92 Å². The Balaban J connectivity index is 1.71. The second-order valence-corrected chi connectivity index (χ2v) is 6.80.